The Kier molecular flexibility index (Phi) is 4.21. The van der Waals surface area contributed by atoms with Crippen LogP contribution in [-0.2, 0) is 13.6 Å². The monoisotopic (exact) mass is 342 g/mol. The molecule has 1 aliphatic heterocycles. The van der Waals surface area contributed by atoms with Crippen LogP contribution >= 0.6 is 0 Å². The second-order valence-electron chi connectivity index (χ2n) is 6.65. The Balaban J connectivity index is 1.44. The minimum atomic E-state index is -0.519. The van der Waals surface area contributed by atoms with E-state index in [0.717, 1.165) is 55.5 Å². The summed E-state index contributed by atoms with van der Waals surface area (Å²) in [4.78, 5) is 11.2. The summed E-state index contributed by atoms with van der Waals surface area (Å²) in [6.07, 6.45) is 3.48. The molecular weight excluding hydrogens is 322 g/mol. The molecule has 1 aromatic carbocycles. The van der Waals surface area contributed by atoms with Crippen molar-refractivity contribution in [1.29, 1.82) is 0 Å². The third kappa shape index (κ3) is 3.14. The number of halogens is 2. The van der Waals surface area contributed by atoms with Gasteiger partial charge >= 0.3 is 0 Å². The van der Waals surface area contributed by atoms with Gasteiger partial charge < -0.3 is 4.57 Å². The number of hydrogen-bond donors (Lipinski definition) is 0. The molecule has 0 unspecified atom stereocenters. The zero-order chi connectivity index (χ0) is 17.4. The molecule has 6 heteroatoms. The van der Waals surface area contributed by atoms with Gasteiger partial charge in [-0.25, -0.2) is 18.7 Å². The summed E-state index contributed by atoms with van der Waals surface area (Å²) in [6, 6.07) is 7.84. The lowest BCUT2D eigenvalue weighted by molar-refractivity contribution is 0.197. The summed E-state index contributed by atoms with van der Waals surface area (Å²) in [5, 5.41) is 0. The van der Waals surface area contributed by atoms with Crippen LogP contribution in [0.2, 0.25) is 0 Å². The standard InChI is InChI=1S/C19H20F2N4/c1-24-17-3-2-8-22-19(17)23-18(24)12-25-9-6-13(7-10-25)15-5-4-14(20)11-16(15)21/h2-5,8,11,13H,6-7,9-10,12H2,1H3. The van der Waals surface area contributed by atoms with Crippen LogP contribution in [0.15, 0.2) is 36.5 Å². The summed E-state index contributed by atoms with van der Waals surface area (Å²) < 4.78 is 29.1. The van der Waals surface area contributed by atoms with E-state index < -0.39 is 11.6 Å². The van der Waals surface area contributed by atoms with E-state index >= 15 is 0 Å². The number of pyridine rings is 1. The van der Waals surface area contributed by atoms with E-state index in [1.807, 2.05) is 19.2 Å². The second kappa shape index (κ2) is 6.52. The lowest BCUT2D eigenvalue weighted by Gasteiger charge is -2.32. The molecule has 0 aliphatic carbocycles. The second-order valence-corrected chi connectivity index (χ2v) is 6.65. The molecule has 0 bridgehead atoms. The molecule has 0 radical (unpaired) electrons. The molecule has 0 spiro atoms. The summed E-state index contributed by atoms with van der Waals surface area (Å²) >= 11 is 0. The molecule has 1 fully saturated rings. The van der Waals surface area contributed by atoms with Crippen molar-refractivity contribution in [1.82, 2.24) is 19.4 Å². The molecule has 4 rings (SSSR count). The molecular formula is C19H20F2N4. The first-order valence-corrected chi connectivity index (χ1v) is 8.55. The maximum absolute atomic E-state index is 14.0. The van der Waals surface area contributed by atoms with Crippen LogP contribution in [0, 0.1) is 11.6 Å². The van der Waals surface area contributed by atoms with Gasteiger partial charge in [0, 0.05) is 19.3 Å². The normalized spacial score (nSPS) is 16.6. The lowest BCUT2D eigenvalue weighted by atomic mass is 9.89. The Hall–Kier alpha value is -2.34. The van der Waals surface area contributed by atoms with Crippen molar-refractivity contribution in [2.75, 3.05) is 13.1 Å². The van der Waals surface area contributed by atoms with Gasteiger partial charge in [-0.3, -0.25) is 4.90 Å². The molecule has 0 saturated carbocycles. The van der Waals surface area contributed by atoms with E-state index in [9.17, 15) is 8.78 Å². The molecule has 3 heterocycles. The Morgan fingerprint density at radius 1 is 1.16 bits per heavy atom. The Bertz CT molecular complexity index is 898. The van der Waals surface area contributed by atoms with Crippen molar-refractivity contribution in [3.8, 4) is 0 Å². The van der Waals surface area contributed by atoms with E-state index in [0.29, 0.717) is 5.56 Å². The quantitative estimate of drug-likeness (QED) is 0.729. The first-order chi connectivity index (χ1) is 12.1. The third-order valence-electron chi connectivity index (χ3n) is 5.10. The van der Waals surface area contributed by atoms with Gasteiger partial charge in [-0.15, -0.1) is 0 Å². The number of imidazole rings is 1. The van der Waals surface area contributed by atoms with Crippen molar-refractivity contribution in [3.63, 3.8) is 0 Å². The van der Waals surface area contributed by atoms with Gasteiger partial charge in [-0.2, -0.15) is 0 Å². The van der Waals surface area contributed by atoms with Crippen LogP contribution in [-0.4, -0.2) is 32.5 Å². The zero-order valence-electron chi connectivity index (χ0n) is 14.1. The SMILES string of the molecule is Cn1c(CN2CCC(c3ccc(F)cc3F)CC2)nc2ncccc21. The number of nitrogens with zero attached hydrogens (tertiary/aromatic N) is 4. The average molecular weight is 342 g/mol. The number of aryl methyl sites for hydroxylation is 1. The van der Waals surface area contributed by atoms with Gasteiger partial charge in [0.2, 0.25) is 0 Å². The molecule has 3 aromatic rings. The van der Waals surface area contributed by atoms with Crippen LogP contribution < -0.4 is 0 Å². The van der Waals surface area contributed by atoms with Gasteiger partial charge in [0.1, 0.15) is 17.5 Å². The van der Waals surface area contributed by atoms with Gasteiger partial charge in [0.25, 0.3) is 0 Å². The van der Waals surface area contributed by atoms with E-state index in [2.05, 4.69) is 19.4 Å². The third-order valence-corrected chi connectivity index (χ3v) is 5.10. The summed E-state index contributed by atoms with van der Waals surface area (Å²) in [5.74, 6) is 0.188. The molecule has 0 atom stereocenters. The van der Waals surface area contributed by atoms with Gasteiger partial charge in [0.05, 0.1) is 12.1 Å². The van der Waals surface area contributed by atoms with Gasteiger partial charge in [-0.1, -0.05) is 6.07 Å². The van der Waals surface area contributed by atoms with Crippen molar-refractivity contribution in [2.24, 2.45) is 7.05 Å². The zero-order valence-corrected chi connectivity index (χ0v) is 14.1. The molecule has 25 heavy (non-hydrogen) atoms. The smallest absolute Gasteiger partial charge is 0.177 e. The highest BCUT2D eigenvalue weighted by Crippen LogP contribution is 2.30. The molecule has 1 saturated heterocycles. The fraction of sp³-hybridized carbons (Fsp3) is 0.368. The van der Waals surface area contributed by atoms with E-state index in [4.69, 9.17) is 0 Å². The number of aromatic nitrogens is 3. The lowest BCUT2D eigenvalue weighted by Crippen LogP contribution is -2.33. The number of fused-ring (bicyclic) bond motifs is 1. The average Bonchev–Trinajstić information content (AvgIpc) is 2.92. The van der Waals surface area contributed by atoms with Crippen LogP contribution in [0.1, 0.15) is 30.1 Å². The first kappa shape index (κ1) is 16.1. The minimum Gasteiger partial charge on any atom is -0.329 e. The molecule has 0 amide bonds. The van der Waals surface area contributed by atoms with Crippen LogP contribution in [0.4, 0.5) is 8.78 Å². The predicted molar refractivity (Wildman–Crippen MR) is 92.1 cm³/mol. The van der Waals surface area contributed by atoms with Crippen LogP contribution in [0.5, 0.6) is 0 Å². The largest absolute Gasteiger partial charge is 0.329 e. The fourth-order valence-corrected chi connectivity index (χ4v) is 3.65. The molecule has 4 nitrogen and oxygen atoms in total. The van der Waals surface area contributed by atoms with E-state index in [-0.39, 0.29) is 5.92 Å². The number of likely N-dealkylation sites (tertiary alicyclic amines) is 1. The maximum Gasteiger partial charge on any atom is 0.177 e. The highest BCUT2D eigenvalue weighted by molar-refractivity contribution is 5.71. The number of piperidine rings is 1. The minimum absolute atomic E-state index is 0.152. The highest BCUT2D eigenvalue weighted by Gasteiger charge is 2.24. The summed E-state index contributed by atoms with van der Waals surface area (Å²) in [6.45, 7) is 2.50. The molecule has 130 valence electrons. The van der Waals surface area contributed by atoms with E-state index in [1.54, 1.807) is 12.3 Å². The fourth-order valence-electron chi connectivity index (χ4n) is 3.65. The van der Waals surface area contributed by atoms with Gasteiger partial charge in [-0.05, 0) is 55.6 Å². The first-order valence-electron chi connectivity index (χ1n) is 8.55. The Labute approximate surface area is 145 Å². The molecule has 0 N–H and O–H groups in total. The summed E-state index contributed by atoms with van der Waals surface area (Å²) in [5.41, 5.74) is 2.43. The maximum atomic E-state index is 14.0. The number of rotatable bonds is 3. The predicted octanol–water partition coefficient (Wildman–Crippen LogP) is 3.63. The van der Waals surface area contributed by atoms with Crippen molar-refractivity contribution in [3.05, 3.63) is 59.6 Å². The molecule has 1 aliphatic rings. The van der Waals surface area contributed by atoms with Gasteiger partial charge in [0.15, 0.2) is 5.65 Å². The number of hydrogen-bond acceptors (Lipinski definition) is 3. The topological polar surface area (TPSA) is 34.0 Å². The van der Waals surface area contributed by atoms with Crippen LogP contribution in [0.3, 0.4) is 0 Å². The van der Waals surface area contributed by atoms with Crippen molar-refractivity contribution < 1.29 is 8.78 Å². The van der Waals surface area contributed by atoms with Crippen LogP contribution in [0.25, 0.3) is 11.2 Å². The molecule has 2 aromatic heterocycles. The van der Waals surface area contributed by atoms with E-state index in [1.165, 1.54) is 6.07 Å². The van der Waals surface area contributed by atoms with Crippen molar-refractivity contribution in [2.45, 2.75) is 25.3 Å². The Morgan fingerprint density at radius 2 is 1.96 bits per heavy atom. The summed E-state index contributed by atoms with van der Waals surface area (Å²) in [7, 11) is 2.01. The number of benzene rings is 1. The Morgan fingerprint density at radius 3 is 2.68 bits per heavy atom. The highest BCUT2D eigenvalue weighted by atomic mass is 19.1. The van der Waals surface area contributed by atoms with Crippen molar-refractivity contribution >= 4 is 11.2 Å².